The molecule has 8 heteroatoms. The highest BCUT2D eigenvalue weighted by atomic mass is 32.1. The number of carbonyl (C=O) groups excluding carboxylic acids is 1. The highest BCUT2D eigenvalue weighted by Gasteiger charge is 2.10. The van der Waals surface area contributed by atoms with Gasteiger partial charge in [0.1, 0.15) is 5.69 Å². The van der Waals surface area contributed by atoms with Gasteiger partial charge in [-0.05, 0) is 13.0 Å². The molecule has 0 aliphatic carbocycles. The summed E-state index contributed by atoms with van der Waals surface area (Å²) < 4.78 is 0. The zero-order valence-electron chi connectivity index (χ0n) is 11.7. The summed E-state index contributed by atoms with van der Waals surface area (Å²) in [5.74, 6) is 0.299. The van der Waals surface area contributed by atoms with Crippen molar-refractivity contribution in [3.63, 3.8) is 0 Å². The van der Waals surface area contributed by atoms with E-state index in [9.17, 15) is 4.79 Å². The quantitative estimate of drug-likeness (QED) is 0.787. The van der Waals surface area contributed by atoms with Crippen molar-refractivity contribution in [2.24, 2.45) is 0 Å². The molecular formula is C14H12N6OS. The van der Waals surface area contributed by atoms with Crippen LogP contribution in [0.5, 0.6) is 0 Å². The fraction of sp³-hybridized carbons (Fsp3) is 0.143. The van der Waals surface area contributed by atoms with Gasteiger partial charge in [0, 0.05) is 24.0 Å². The predicted molar refractivity (Wildman–Crippen MR) is 81.1 cm³/mol. The molecule has 22 heavy (non-hydrogen) atoms. The summed E-state index contributed by atoms with van der Waals surface area (Å²) in [5, 5.41) is 5.35. The second kappa shape index (κ2) is 6.35. The van der Waals surface area contributed by atoms with Gasteiger partial charge in [0.05, 0.1) is 24.1 Å². The Bertz CT molecular complexity index is 772. The molecule has 0 bridgehead atoms. The number of aromatic nitrogens is 5. The molecule has 1 amide bonds. The monoisotopic (exact) mass is 312 g/mol. The minimum Gasteiger partial charge on any atom is -0.345 e. The first kappa shape index (κ1) is 14.2. The van der Waals surface area contributed by atoms with Crippen LogP contribution in [0.25, 0.3) is 10.8 Å². The lowest BCUT2D eigenvalue weighted by atomic mass is 10.4. The highest BCUT2D eigenvalue weighted by molar-refractivity contribution is 7.13. The normalized spacial score (nSPS) is 10.4. The van der Waals surface area contributed by atoms with Crippen LogP contribution in [0.3, 0.4) is 0 Å². The Morgan fingerprint density at radius 3 is 2.73 bits per heavy atom. The first-order valence-corrected chi connectivity index (χ1v) is 7.39. The van der Waals surface area contributed by atoms with Gasteiger partial charge in [0.15, 0.2) is 10.8 Å². The number of hydrogen-bond acceptors (Lipinski definition) is 7. The lowest BCUT2D eigenvalue weighted by Gasteiger charge is -2.02. The van der Waals surface area contributed by atoms with Gasteiger partial charge < -0.3 is 5.32 Å². The summed E-state index contributed by atoms with van der Waals surface area (Å²) in [5.41, 5.74) is 1.80. The lowest BCUT2D eigenvalue weighted by molar-refractivity contribution is 0.0945. The van der Waals surface area contributed by atoms with E-state index < -0.39 is 0 Å². The molecule has 7 nitrogen and oxygen atoms in total. The van der Waals surface area contributed by atoms with Crippen LogP contribution in [0, 0.1) is 6.92 Å². The number of hydrogen-bond donors (Lipinski definition) is 1. The molecule has 0 saturated carbocycles. The van der Waals surface area contributed by atoms with Gasteiger partial charge in [0.25, 0.3) is 5.91 Å². The third kappa shape index (κ3) is 3.29. The van der Waals surface area contributed by atoms with Crippen LogP contribution in [0.2, 0.25) is 0 Å². The molecule has 0 unspecified atom stereocenters. The molecule has 3 rings (SSSR count). The molecule has 0 radical (unpaired) electrons. The molecule has 3 heterocycles. The Hall–Kier alpha value is -2.74. The Balaban J connectivity index is 1.64. The van der Waals surface area contributed by atoms with Crippen molar-refractivity contribution in [1.29, 1.82) is 0 Å². The van der Waals surface area contributed by atoms with Crippen molar-refractivity contribution in [3.05, 3.63) is 53.3 Å². The van der Waals surface area contributed by atoms with Gasteiger partial charge in [-0.3, -0.25) is 9.78 Å². The van der Waals surface area contributed by atoms with Gasteiger partial charge in [-0.15, -0.1) is 11.3 Å². The number of nitrogens with one attached hydrogen (secondary N) is 1. The molecule has 0 spiro atoms. The molecule has 0 aliphatic rings. The van der Waals surface area contributed by atoms with Crippen LogP contribution in [0.15, 0.2) is 36.2 Å². The summed E-state index contributed by atoms with van der Waals surface area (Å²) >= 11 is 1.44. The Morgan fingerprint density at radius 1 is 1.18 bits per heavy atom. The maximum Gasteiger partial charge on any atom is 0.271 e. The smallest absolute Gasteiger partial charge is 0.271 e. The van der Waals surface area contributed by atoms with Crippen molar-refractivity contribution >= 4 is 17.2 Å². The first-order chi connectivity index (χ1) is 10.7. The molecule has 0 aliphatic heterocycles. The standard InChI is InChI=1S/C14H12N6OS/c1-9-5-18-11(7-17-9)13(21)19-6-10-8-22-14(20-10)12-15-3-2-4-16-12/h2-5,7-8H,6H2,1H3,(H,19,21). The Morgan fingerprint density at radius 2 is 2.00 bits per heavy atom. The maximum atomic E-state index is 11.9. The van der Waals surface area contributed by atoms with E-state index in [1.807, 2.05) is 12.3 Å². The largest absolute Gasteiger partial charge is 0.345 e. The van der Waals surface area contributed by atoms with E-state index in [2.05, 4.69) is 30.2 Å². The Labute approximate surface area is 130 Å². The topological polar surface area (TPSA) is 93.6 Å². The van der Waals surface area contributed by atoms with Crippen LogP contribution >= 0.6 is 11.3 Å². The average molecular weight is 312 g/mol. The lowest BCUT2D eigenvalue weighted by Crippen LogP contribution is -2.24. The summed E-state index contributed by atoms with van der Waals surface area (Å²) in [6.45, 7) is 2.13. The van der Waals surface area contributed by atoms with Crippen LogP contribution in [-0.4, -0.2) is 30.8 Å². The van der Waals surface area contributed by atoms with Gasteiger partial charge in [-0.2, -0.15) is 0 Å². The summed E-state index contributed by atoms with van der Waals surface area (Å²) in [6.07, 6.45) is 6.35. The van der Waals surface area contributed by atoms with Crippen molar-refractivity contribution in [2.75, 3.05) is 0 Å². The number of carbonyl (C=O) groups is 1. The molecule has 3 aromatic heterocycles. The molecule has 1 N–H and O–H groups in total. The molecule has 0 atom stereocenters. The second-order valence-corrected chi connectivity index (χ2v) is 5.30. The fourth-order valence-electron chi connectivity index (χ4n) is 1.67. The molecular weight excluding hydrogens is 300 g/mol. The highest BCUT2D eigenvalue weighted by Crippen LogP contribution is 2.19. The zero-order valence-corrected chi connectivity index (χ0v) is 12.5. The Kier molecular flexibility index (Phi) is 4.10. The number of rotatable bonds is 4. The maximum absolute atomic E-state index is 11.9. The minimum atomic E-state index is -0.280. The number of thiazole rings is 1. The van der Waals surface area contributed by atoms with E-state index in [1.54, 1.807) is 24.7 Å². The van der Waals surface area contributed by atoms with Crippen LogP contribution < -0.4 is 5.32 Å². The minimum absolute atomic E-state index is 0.280. The summed E-state index contributed by atoms with van der Waals surface area (Å²) in [6, 6.07) is 1.75. The van der Waals surface area contributed by atoms with Crippen molar-refractivity contribution in [2.45, 2.75) is 13.5 Å². The van der Waals surface area contributed by atoms with Crippen molar-refractivity contribution in [1.82, 2.24) is 30.2 Å². The molecule has 3 aromatic rings. The van der Waals surface area contributed by atoms with E-state index in [-0.39, 0.29) is 11.6 Å². The van der Waals surface area contributed by atoms with E-state index in [0.717, 1.165) is 16.4 Å². The summed E-state index contributed by atoms with van der Waals surface area (Å²) in [7, 11) is 0. The van der Waals surface area contributed by atoms with Crippen LogP contribution in [0.1, 0.15) is 21.9 Å². The average Bonchev–Trinajstić information content (AvgIpc) is 3.03. The SMILES string of the molecule is Cc1cnc(C(=O)NCc2csc(-c3ncccn3)n2)cn1. The number of nitrogens with zero attached hydrogens (tertiary/aromatic N) is 5. The molecule has 0 aromatic carbocycles. The first-order valence-electron chi connectivity index (χ1n) is 6.51. The third-order valence-corrected chi connectivity index (χ3v) is 3.64. The zero-order chi connectivity index (χ0) is 15.4. The van der Waals surface area contributed by atoms with E-state index in [1.165, 1.54) is 17.5 Å². The third-order valence-electron chi connectivity index (χ3n) is 2.75. The predicted octanol–water partition coefficient (Wildman–Crippen LogP) is 1.63. The van der Waals surface area contributed by atoms with Gasteiger partial charge in [-0.1, -0.05) is 0 Å². The molecule has 110 valence electrons. The van der Waals surface area contributed by atoms with Crippen molar-refractivity contribution in [3.8, 4) is 10.8 Å². The van der Waals surface area contributed by atoms with Crippen LogP contribution in [-0.2, 0) is 6.54 Å². The van der Waals surface area contributed by atoms with E-state index in [4.69, 9.17) is 0 Å². The summed E-state index contributed by atoms with van der Waals surface area (Å²) in [4.78, 5) is 32.7. The van der Waals surface area contributed by atoms with E-state index >= 15 is 0 Å². The van der Waals surface area contributed by atoms with Crippen molar-refractivity contribution < 1.29 is 4.79 Å². The van der Waals surface area contributed by atoms with Gasteiger partial charge in [-0.25, -0.2) is 19.9 Å². The molecule has 0 saturated heterocycles. The number of aryl methyl sites for hydroxylation is 1. The van der Waals surface area contributed by atoms with Gasteiger partial charge in [0.2, 0.25) is 0 Å². The fourth-order valence-corrected chi connectivity index (χ4v) is 2.44. The molecule has 0 fully saturated rings. The number of amides is 1. The van der Waals surface area contributed by atoms with Crippen LogP contribution in [0.4, 0.5) is 0 Å². The van der Waals surface area contributed by atoms with Gasteiger partial charge >= 0.3 is 0 Å². The second-order valence-electron chi connectivity index (χ2n) is 4.44. The van der Waals surface area contributed by atoms with E-state index in [0.29, 0.717) is 12.4 Å².